The molecule has 0 aromatic heterocycles. The van der Waals surface area contributed by atoms with E-state index in [0.29, 0.717) is 18.7 Å². The molecule has 18 heavy (non-hydrogen) atoms. The molecule has 0 radical (unpaired) electrons. The van der Waals surface area contributed by atoms with Crippen LogP contribution in [0.3, 0.4) is 0 Å². The largest absolute Gasteiger partial charge is 0.337 e. The van der Waals surface area contributed by atoms with Crippen LogP contribution in [0.15, 0.2) is 24.3 Å². The highest BCUT2D eigenvalue weighted by Crippen LogP contribution is 2.17. The van der Waals surface area contributed by atoms with Gasteiger partial charge in [0.25, 0.3) is 11.6 Å². The number of hydrogen-bond donors (Lipinski definition) is 1. The smallest absolute Gasteiger partial charge is 0.270 e. The van der Waals surface area contributed by atoms with Crippen LogP contribution in [-0.4, -0.2) is 34.9 Å². The van der Waals surface area contributed by atoms with Crippen LogP contribution in [0.25, 0.3) is 0 Å². The number of hydrogen-bond acceptors (Lipinski definition) is 4. The topological polar surface area (TPSA) is 89.5 Å². The molecule has 6 nitrogen and oxygen atoms in total. The highest BCUT2D eigenvalue weighted by molar-refractivity contribution is 5.95. The van der Waals surface area contributed by atoms with Crippen molar-refractivity contribution in [2.24, 2.45) is 5.73 Å². The van der Waals surface area contributed by atoms with E-state index in [1.165, 1.54) is 18.2 Å². The first-order valence-corrected chi connectivity index (χ1v) is 5.37. The van der Waals surface area contributed by atoms with Crippen LogP contribution in [0.4, 0.5) is 5.69 Å². The molecule has 0 aliphatic carbocycles. The molecule has 2 rings (SSSR count). The first-order valence-electron chi connectivity index (χ1n) is 5.37. The van der Waals surface area contributed by atoms with Crippen LogP contribution in [0.2, 0.25) is 0 Å². The quantitative estimate of drug-likeness (QED) is 0.646. The molecule has 1 fully saturated rings. The average Bonchev–Trinajstić information content (AvgIpc) is 2.75. The summed E-state index contributed by atoms with van der Waals surface area (Å²) in [5.74, 6) is -0.193. The Hall–Kier alpha value is -1.66. The molecular weight excluding hydrogens is 258 g/mol. The van der Waals surface area contributed by atoms with Gasteiger partial charge in [0.1, 0.15) is 0 Å². The van der Waals surface area contributed by atoms with Crippen LogP contribution in [0.5, 0.6) is 0 Å². The van der Waals surface area contributed by atoms with Gasteiger partial charge in [-0.25, -0.2) is 0 Å². The standard InChI is InChI=1S/C11H13N3O3.ClH/c12-9-4-5-13(7-9)11(15)8-2-1-3-10(6-8)14(16)17;/h1-3,6,9H,4-5,7,12H2;1H/t9-;/m0./s1. The molecule has 0 unspecified atom stereocenters. The zero-order valence-corrected chi connectivity index (χ0v) is 10.4. The second-order valence-corrected chi connectivity index (χ2v) is 4.11. The van der Waals surface area contributed by atoms with Gasteiger partial charge < -0.3 is 10.6 Å². The Kier molecular flexibility index (Phi) is 4.63. The zero-order chi connectivity index (χ0) is 12.4. The molecule has 1 aromatic carbocycles. The summed E-state index contributed by atoms with van der Waals surface area (Å²) >= 11 is 0. The van der Waals surface area contributed by atoms with Gasteiger partial charge in [0.2, 0.25) is 0 Å². The SMILES string of the molecule is Cl.N[C@H]1CCN(C(=O)c2cccc([N+](=O)[O-])c2)C1. The van der Waals surface area contributed by atoms with Crippen LogP contribution in [-0.2, 0) is 0 Å². The van der Waals surface area contributed by atoms with Crippen molar-refractivity contribution < 1.29 is 9.72 Å². The lowest BCUT2D eigenvalue weighted by atomic mass is 10.2. The summed E-state index contributed by atoms with van der Waals surface area (Å²) in [6.07, 6.45) is 0.778. The Labute approximate surface area is 110 Å². The number of rotatable bonds is 2. The molecular formula is C11H14ClN3O3. The summed E-state index contributed by atoms with van der Waals surface area (Å²) in [6, 6.07) is 5.77. The van der Waals surface area contributed by atoms with Crippen molar-refractivity contribution >= 4 is 24.0 Å². The molecule has 1 aromatic rings. The summed E-state index contributed by atoms with van der Waals surface area (Å²) < 4.78 is 0. The van der Waals surface area contributed by atoms with E-state index in [0.717, 1.165) is 6.42 Å². The van der Waals surface area contributed by atoms with E-state index < -0.39 is 4.92 Å². The van der Waals surface area contributed by atoms with Crippen molar-refractivity contribution in [1.82, 2.24) is 4.90 Å². The number of nitrogens with two attached hydrogens (primary N) is 1. The van der Waals surface area contributed by atoms with Crippen molar-refractivity contribution in [3.8, 4) is 0 Å². The monoisotopic (exact) mass is 271 g/mol. The Balaban J connectivity index is 0.00000162. The zero-order valence-electron chi connectivity index (χ0n) is 9.61. The minimum absolute atomic E-state index is 0. The van der Waals surface area contributed by atoms with Gasteiger partial charge in [-0.3, -0.25) is 14.9 Å². The summed E-state index contributed by atoms with van der Waals surface area (Å²) in [7, 11) is 0. The Morgan fingerprint density at radius 2 is 2.22 bits per heavy atom. The second-order valence-electron chi connectivity index (χ2n) is 4.11. The fourth-order valence-corrected chi connectivity index (χ4v) is 1.91. The number of carbonyl (C=O) groups excluding carboxylic acids is 1. The van der Waals surface area contributed by atoms with E-state index in [1.54, 1.807) is 11.0 Å². The molecule has 0 spiro atoms. The molecule has 2 N–H and O–H groups in total. The van der Waals surface area contributed by atoms with Crippen LogP contribution >= 0.6 is 12.4 Å². The minimum atomic E-state index is -0.507. The molecule has 1 aliphatic rings. The Morgan fingerprint density at radius 3 is 2.78 bits per heavy atom. The highest BCUT2D eigenvalue weighted by Gasteiger charge is 2.25. The maximum Gasteiger partial charge on any atom is 0.270 e. The van der Waals surface area contributed by atoms with Gasteiger partial charge in [0.05, 0.1) is 4.92 Å². The lowest BCUT2D eigenvalue weighted by Crippen LogP contribution is -2.31. The molecule has 98 valence electrons. The number of non-ortho nitro benzene ring substituents is 1. The number of nitro groups is 1. The van der Waals surface area contributed by atoms with Crippen LogP contribution in [0, 0.1) is 10.1 Å². The van der Waals surface area contributed by atoms with Gasteiger partial charge in [-0.1, -0.05) is 6.07 Å². The number of nitro benzene ring substituents is 1. The molecule has 1 aliphatic heterocycles. The van der Waals surface area contributed by atoms with Crippen molar-refractivity contribution in [2.75, 3.05) is 13.1 Å². The van der Waals surface area contributed by atoms with Crippen molar-refractivity contribution in [3.05, 3.63) is 39.9 Å². The number of likely N-dealkylation sites (tertiary alicyclic amines) is 1. The van der Waals surface area contributed by atoms with Crippen molar-refractivity contribution in [2.45, 2.75) is 12.5 Å². The van der Waals surface area contributed by atoms with Gasteiger partial charge >= 0.3 is 0 Å². The normalized spacial score (nSPS) is 18.3. The maximum atomic E-state index is 12.0. The van der Waals surface area contributed by atoms with E-state index in [4.69, 9.17) is 5.73 Å². The van der Waals surface area contributed by atoms with Gasteiger partial charge in [-0.15, -0.1) is 12.4 Å². The first-order chi connectivity index (χ1) is 8.08. The fraction of sp³-hybridized carbons (Fsp3) is 0.364. The molecule has 1 saturated heterocycles. The molecule has 0 saturated carbocycles. The predicted octanol–water partition coefficient (Wildman–Crippen LogP) is 1.19. The van der Waals surface area contributed by atoms with E-state index in [-0.39, 0.29) is 30.0 Å². The molecule has 0 bridgehead atoms. The van der Waals surface area contributed by atoms with Gasteiger partial charge in [-0.05, 0) is 12.5 Å². The van der Waals surface area contributed by atoms with Crippen LogP contribution in [0.1, 0.15) is 16.8 Å². The van der Waals surface area contributed by atoms with E-state index in [1.807, 2.05) is 0 Å². The maximum absolute atomic E-state index is 12.0. The fourth-order valence-electron chi connectivity index (χ4n) is 1.91. The van der Waals surface area contributed by atoms with Gasteiger partial charge in [0, 0.05) is 36.8 Å². The Bertz CT molecular complexity index is 467. The molecule has 1 heterocycles. The van der Waals surface area contributed by atoms with E-state index in [9.17, 15) is 14.9 Å². The summed E-state index contributed by atoms with van der Waals surface area (Å²) in [5.41, 5.74) is 5.99. The average molecular weight is 272 g/mol. The third kappa shape index (κ3) is 2.96. The van der Waals surface area contributed by atoms with Crippen molar-refractivity contribution in [3.63, 3.8) is 0 Å². The van der Waals surface area contributed by atoms with Crippen LogP contribution < -0.4 is 5.73 Å². The summed E-state index contributed by atoms with van der Waals surface area (Å²) in [4.78, 5) is 23.7. The predicted molar refractivity (Wildman–Crippen MR) is 68.8 cm³/mol. The lowest BCUT2D eigenvalue weighted by Gasteiger charge is -2.15. The number of carbonyl (C=O) groups is 1. The molecule has 1 amide bonds. The van der Waals surface area contributed by atoms with E-state index in [2.05, 4.69) is 0 Å². The minimum Gasteiger partial charge on any atom is -0.337 e. The number of benzene rings is 1. The molecule has 1 atom stereocenters. The van der Waals surface area contributed by atoms with Gasteiger partial charge in [-0.2, -0.15) is 0 Å². The van der Waals surface area contributed by atoms with E-state index >= 15 is 0 Å². The summed E-state index contributed by atoms with van der Waals surface area (Å²) in [6.45, 7) is 1.13. The van der Waals surface area contributed by atoms with Gasteiger partial charge in [0.15, 0.2) is 0 Å². The number of amides is 1. The third-order valence-corrected chi connectivity index (χ3v) is 2.82. The molecule has 7 heteroatoms. The second kappa shape index (κ2) is 5.79. The summed E-state index contributed by atoms with van der Waals surface area (Å²) in [5, 5.41) is 10.6. The first kappa shape index (κ1) is 14.4. The van der Waals surface area contributed by atoms with Crippen molar-refractivity contribution in [1.29, 1.82) is 0 Å². The highest BCUT2D eigenvalue weighted by atomic mass is 35.5. The Morgan fingerprint density at radius 1 is 1.50 bits per heavy atom. The third-order valence-electron chi connectivity index (χ3n) is 2.82. The number of nitrogens with zero attached hydrogens (tertiary/aromatic N) is 2. The lowest BCUT2D eigenvalue weighted by molar-refractivity contribution is -0.384. The number of halogens is 1.